The minimum atomic E-state index is -0.958. The molecule has 2 aromatic rings. The van der Waals surface area contributed by atoms with Crippen LogP contribution in [0.2, 0.25) is 0 Å². The summed E-state index contributed by atoms with van der Waals surface area (Å²) >= 11 is 0. The van der Waals surface area contributed by atoms with Crippen molar-refractivity contribution in [1.29, 1.82) is 0 Å². The highest BCUT2D eigenvalue weighted by Crippen LogP contribution is 2.54. The average molecular weight is 449 g/mol. The number of amides is 1. The molecule has 1 spiro atoms. The van der Waals surface area contributed by atoms with Crippen LogP contribution in [0.1, 0.15) is 56.1 Å². The van der Waals surface area contributed by atoms with Crippen molar-refractivity contribution in [3.63, 3.8) is 0 Å². The highest BCUT2D eigenvalue weighted by atomic mass is 16.5. The van der Waals surface area contributed by atoms with Gasteiger partial charge in [-0.2, -0.15) is 0 Å². The number of aromatic hydroxyl groups is 2. The van der Waals surface area contributed by atoms with Gasteiger partial charge in [0, 0.05) is 29.9 Å². The number of anilines is 1. The summed E-state index contributed by atoms with van der Waals surface area (Å²) < 4.78 is 5.89. The summed E-state index contributed by atoms with van der Waals surface area (Å²) in [6, 6.07) is 11.6. The molecule has 6 rings (SSSR count). The summed E-state index contributed by atoms with van der Waals surface area (Å²) in [4.78, 5) is 18.7. The van der Waals surface area contributed by atoms with Crippen LogP contribution in [0.25, 0.3) is 0 Å². The number of ether oxygens (including phenoxy) is 1. The molecule has 1 aliphatic carbocycles. The average Bonchev–Trinajstić information content (AvgIpc) is 3.32. The van der Waals surface area contributed by atoms with Gasteiger partial charge in [-0.3, -0.25) is 4.79 Å². The second-order valence-electron chi connectivity index (χ2n) is 10.2. The first-order valence-corrected chi connectivity index (χ1v) is 12.4. The highest BCUT2D eigenvalue weighted by Gasteiger charge is 2.57. The Labute approximate surface area is 194 Å². The van der Waals surface area contributed by atoms with E-state index in [1.54, 1.807) is 0 Å². The number of carbonyl (C=O) groups is 1. The lowest BCUT2D eigenvalue weighted by Gasteiger charge is -2.40. The van der Waals surface area contributed by atoms with E-state index < -0.39 is 5.41 Å². The number of phenolic OH excluding ortho intramolecular Hbond substituents is 2. The van der Waals surface area contributed by atoms with Gasteiger partial charge in [0.2, 0.25) is 5.91 Å². The van der Waals surface area contributed by atoms with E-state index in [0.29, 0.717) is 17.2 Å². The quantitative estimate of drug-likeness (QED) is 0.690. The second kappa shape index (κ2) is 7.94. The van der Waals surface area contributed by atoms with Gasteiger partial charge in [-0.15, -0.1) is 0 Å². The Morgan fingerprint density at radius 2 is 1.67 bits per heavy atom. The highest BCUT2D eigenvalue weighted by molar-refractivity contribution is 6.11. The topological polar surface area (TPSA) is 73.2 Å². The Kier molecular flexibility index (Phi) is 5.02. The smallest absolute Gasteiger partial charge is 0.245 e. The van der Waals surface area contributed by atoms with Crippen molar-refractivity contribution in [2.75, 3.05) is 31.1 Å². The summed E-state index contributed by atoms with van der Waals surface area (Å²) in [5, 5.41) is 20.1. The third-order valence-electron chi connectivity index (χ3n) is 8.43. The molecule has 1 saturated carbocycles. The van der Waals surface area contributed by atoms with Crippen molar-refractivity contribution in [3.8, 4) is 17.2 Å². The van der Waals surface area contributed by atoms with Crippen molar-refractivity contribution in [2.45, 2.75) is 56.4 Å². The minimum absolute atomic E-state index is 0.0160. The summed E-state index contributed by atoms with van der Waals surface area (Å²) in [6.45, 7) is 3.17. The maximum Gasteiger partial charge on any atom is 0.245 e. The zero-order valence-electron chi connectivity index (χ0n) is 19.0. The van der Waals surface area contributed by atoms with Gasteiger partial charge in [0.15, 0.2) is 11.5 Å². The largest absolute Gasteiger partial charge is 0.504 e. The first-order valence-electron chi connectivity index (χ1n) is 12.4. The number of hydrogen-bond acceptors (Lipinski definition) is 5. The molecular weight excluding hydrogens is 416 g/mol. The maximum atomic E-state index is 14.0. The van der Waals surface area contributed by atoms with Gasteiger partial charge in [0.1, 0.15) is 17.8 Å². The molecule has 3 aliphatic heterocycles. The van der Waals surface area contributed by atoms with Crippen LogP contribution in [0, 0.1) is 5.92 Å². The molecule has 174 valence electrons. The molecule has 0 radical (unpaired) electrons. The first-order chi connectivity index (χ1) is 16.1. The number of rotatable bonds is 3. The van der Waals surface area contributed by atoms with E-state index in [4.69, 9.17) is 4.74 Å². The van der Waals surface area contributed by atoms with Crippen LogP contribution in [0.15, 0.2) is 36.4 Å². The number of para-hydroxylation sites is 1. The summed E-state index contributed by atoms with van der Waals surface area (Å²) in [5.41, 5.74) is 1.56. The predicted molar refractivity (Wildman–Crippen MR) is 126 cm³/mol. The molecule has 2 aromatic carbocycles. The van der Waals surface area contributed by atoms with Crippen molar-refractivity contribution in [2.24, 2.45) is 5.92 Å². The SMILES string of the molecule is O=C1N(CC2CCN(C3CCCCC3)CC2)c2ccccc2C12COc1cc(O)c(O)cc12. The van der Waals surface area contributed by atoms with E-state index in [9.17, 15) is 15.0 Å². The zero-order chi connectivity index (χ0) is 22.6. The van der Waals surface area contributed by atoms with Gasteiger partial charge in [-0.05, 0) is 62.4 Å². The molecule has 1 amide bonds. The zero-order valence-corrected chi connectivity index (χ0v) is 19.0. The summed E-state index contributed by atoms with van der Waals surface area (Å²) in [5.74, 6) is 0.508. The standard InChI is InChI=1S/C27H32N2O4/c30-23-14-21-25(15-24(23)31)33-17-27(21)20-8-4-5-9-22(20)29(26(27)32)16-18-10-12-28(13-11-18)19-6-2-1-3-7-19/h4-5,8-9,14-15,18-19,30-31H,1-3,6-7,10-13,16-17H2. The van der Waals surface area contributed by atoms with Crippen LogP contribution in [0.4, 0.5) is 5.69 Å². The lowest BCUT2D eigenvalue weighted by Crippen LogP contribution is -2.47. The maximum absolute atomic E-state index is 14.0. The number of carbonyl (C=O) groups excluding carboxylic acids is 1. The number of fused-ring (bicyclic) bond motifs is 4. The van der Waals surface area contributed by atoms with Crippen LogP contribution >= 0.6 is 0 Å². The normalized spacial score (nSPS) is 25.9. The molecule has 1 saturated heterocycles. The van der Waals surface area contributed by atoms with Crippen LogP contribution in [-0.4, -0.2) is 53.3 Å². The monoisotopic (exact) mass is 448 g/mol. The van der Waals surface area contributed by atoms with Gasteiger partial charge < -0.3 is 24.7 Å². The van der Waals surface area contributed by atoms with Crippen molar-refractivity contribution in [3.05, 3.63) is 47.5 Å². The van der Waals surface area contributed by atoms with Crippen LogP contribution < -0.4 is 9.64 Å². The molecule has 0 aromatic heterocycles. The molecule has 6 heteroatoms. The number of benzene rings is 2. The van der Waals surface area contributed by atoms with Crippen molar-refractivity contribution >= 4 is 11.6 Å². The molecule has 33 heavy (non-hydrogen) atoms. The Bertz CT molecular complexity index is 1070. The lowest BCUT2D eigenvalue weighted by molar-refractivity contribution is -0.122. The van der Waals surface area contributed by atoms with E-state index in [0.717, 1.165) is 49.8 Å². The third kappa shape index (κ3) is 3.22. The molecule has 6 nitrogen and oxygen atoms in total. The van der Waals surface area contributed by atoms with Crippen molar-refractivity contribution in [1.82, 2.24) is 4.90 Å². The fraction of sp³-hybridized carbons (Fsp3) is 0.519. The van der Waals surface area contributed by atoms with Gasteiger partial charge in [0.05, 0.1) is 0 Å². The Morgan fingerprint density at radius 1 is 0.939 bits per heavy atom. The summed E-state index contributed by atoms with van der Waals surface area (Å²) in [6.07, 6.45) is 9.04. The number of likely N-dealkylation sites (tertiary alicyclic amines) is 1. The number of piperidine rings is 1. The van der Waals surface area contributed by atoms with Gasteiger partial charge in [-0.25, -0.2) is 0 Å². The van der Waals surface area contributed by atoms with E-state index in [2.05, 4.69) is 4.90 Å². The second-order valence-corrected chi connectivity index (χ2v) is 10.2. The lowest BCUT2D eigenvalue weighted by atomic mass is 9.77. The third-order valence-corrected chi connectivity index (χ3v) is 8.43. The van der Waals surface area contributed by atoms with E-state index in [1.165, 1.54) is 44.2 Å². The predicted octanol–water partition coefficient (Wildman–Crippen LogP) is 4.17. The summed E-state index contributed by atoms with van der Waals surface area (Å²) in [7, 11) is 0. The number of phenols is 2. The minimum Gasteiger partial charge on any atom is -0.504 e. The Balaban J connectivity index is 1.25. The van der Waals surface area contributed by atoms with Crippen LogP contribution in [0.3, 0.4) is 0 Å². The van der Waals surface area contributed by atoms with Crippen molar-refractivity contribution < 1.29 is 19.7 Å². The van der Waals surface area contributed by atoms with Crippen LogP contribution in [-0.2, 0) is 10.2 Å². The molecule has 2 fully saturated rings. The molecule has 4 aliphatic rings. The fourth-order valence-electron chi connectivity index (χ4n) is 6.59. The molecule has 1 atom stereocenters. The fourth-order valence-corrected chi connectivity index (χ4v) is 6.59. The van der Waals surface area contributed by atoms with Gasteiger partial charge in [0.25, 0.3) is 0 Å². The van der Waals surface area contributed by atoms with E-state index >= 15 is 0 Å². The molecule has 3 heterocycles. The van der Waals surface area contributed by atoms with E-state index in [-0.39, 0.29) is 24.0 Å². The van der Waals surface area contributed by atoms with Gasteiger partial charge in [-0.1, -0.05) is 37.5 Å². The molecule has 1 unspecified atom stereocenters. The number of hydrogen-bond donors (Lipinski definition) is 2. The molecule has 0 bridgehead atoms. The van der Waals surface area contributed by atoms with E-state index in [1.807, 2.05) is 29.2 Å². The van der Waals surface area contributed by atoms with Crippen LogP contribution in [0.5, 0.6) is 17.2 Å². The van der Waals surface area contributed by atoms with Gasteiger partial charge >= 0.3 is 0 Å². The molecule has 2 N–H and O–H groups in total. The number of nitrogens with zero attached hydrogens (tertiary/aromatic N) is 2. The first kappa shape index (κ1) is 20.8. The molecular formula is C27H32N2O4. The Morgan fingerprint density at radius 3 is 2.45 bits per heavy atom. The Hall–Kier alpha value is -2.73.